The standard InChI is InChI=1S/C18H19BrN2O2/c1-18(2,3)13-8-9-16(22)12(10-13)11-20-21-17(23)14-6-4-5-7-15(14)19/h4-11,22H,1-3H3,(H,21,23)/b20-11-. The Morgan fingerprint density at radius 1 is 1.22 bits per heavy atom. The van der Waals surface area contributed by atoms with E-state index in [1.807, 2.05) is 18.2 Å². The summed E-state index contributed by atoms with van der Waals surface area (Å²) in [7, 11) is 0. The van der Waals surface area contributed by atoms with Crippen molar-refractivity contribution in [1.82, 2.24) is 5.43 Å². The summed E-state index contributed by atoms with van der Waals surface area (Å²) < 4.78 is 0.699. The quantitative estimate of drug-likeness (QED) is 0.624. The van der Waals surface area contributed by atoms with Crippen molar-refractivity contribution in [3.8, 4) is 5.75 Å². The summed E-state index contributed by atoms with van der Waals surface area (Å²) in [5, 5.41) is 13.9. The van der Waals surface area contributed by atoms with Crippen LogP contribution in [-0.2, 0) is 5.41 Å². The zero-order valence-corrected chi connectivity index (χ0v) is 14.9. The molecule has 0 aliphatic carbocycles. The Bertz CT molecular complexity index is 749. The van der Waals surface area contributed by atoms with Gasteiger partial charge in [-0.3, -0.25) is 4.79 Å². The molecule has 2 aromatic carbocycles. The number of hydrazone groups is 1. The summed E-state index contributed by atoms with van der Waals surface area (Å²) in [5.41, 5.74) is 4.57. The predicted molar refractivity (Wildman–Crippen MR) is 96.0 cm³/mol. The van der Waals surface area contributed by atoms with Crippen LogP contribution in [0.3, 0.4) is 0 Å². The van der Waals surface area contributed by atoms with E-state index >= 15 is 0 Å². The number of hydrogen-bond acceptors (Lipinski definition) is 3. The normalized spacial score (nSPS) is 11.7. The van der Waals surface area contributed by atoms with Crippen LogP contribution in [0.25, 0.3) is 0 Å². The van der Waals surface area contributed by atoms with E-state index in [1.165, 1.54) is 6.21 Å². The molecule has 0 aliphatic rings. The molecule has 5 heteroatoms. The van der Waals surface area contributed by atoms with Gasteiger partial charge in [0, 0.05) is 10.0 Å². The maximum Gasteiger partial charge on any atom is 0.272 e. The van der Waals surface area contributed by atoms with Crippen molar-refractivity contribution in [2.24, 2.45) is 5.10 Å². The average Bonchev–Trinajstić information content (AvgIpc) is 2.48. The Balaban J connectivity index is 2.15. The largest absolute Gasteiger partial charge is 0.507 e. The average molecular weight is 375 g/mol. The molecule has 0 aliphatic heterocycles. The van der Waals surface area contributed by atoms with Gasteiger partial charge in [-0.2, -0.15) is 5.10 Å². The van der Waals surface area contributed by atoms with Gasteiger partial charge < -0.3 is 5.11 Å². The Labute approximate surface area is 144 Å². The summed E-state index contributed by atoms with van der Waals surface area (Å²) in [6.07, 6.45) is 1.44. The fourth-order valence-corrected chi connectivity index (χ4v) is 2.46. The van der Waals surface area contributed by atoms with Crippen molar-refractivity contribution in [3.63, 3.8) is 0 Å². The molecule has 2 N–H and O–H groups in total. The van der Waals surface area contributed by atoms with Crippen LogP contribution in [0.2, 0.25) is 0 Å². The number of amides is 1. The molecule has 0 saturated heterocycles. The predicted octanol–water partition coefficient (Wildman–Crippen LogP) is 4.22. The van der Waals surface area contributed by atoms with Gasteiger partial charge in [0.15, 0.2) is 0 Å². The van der Waals surface area contributed by atoms with E-state index in [2.05, 4.69) is 47.2 Å². The number of benzene rings is 2. The molecule has 0 saturated carbocycles. The number of phenols is 1. The van der Waals surface area contributed by atoms with Gasteiger partial charge in [-0.1, -0.05) is 39.0 Å². The summed E-state index contributed by atoms with van der Waals surface area (Å²) in [4.78, 5) is 12.0. The number of nitrogens with zero attached hydrogens (tertiary/aromatic N) is 1. The van der Waals surface area contributed by atoms with Crippen LogP contribution < -0.4 is 5.43 Å². The lowest BCUT2D eigenvalue weighted by Gasteiger charge is -2.19. The van der Waals surface area contributed by atoms with Crippen molar-refractivity contribution in [2.45, 2.75) is 26.2 Å². The molecular weight excluding hydrogens is 356 g/mol. The van der Waals surface area contributed by atoms with Gasteiger partial charge in [-0.25, -0.2) is 5.43 Å². The van der Waals surface area contributed by atoms with Crippen LogP contribution in [-0.4, -0.2) is 17.2 Å². The lowest BCUT2D eigenvalue weighted by atomic mass is 9.86. The van der Waals surface area contributed by atoms with E-state index in [1.54, 1.807) is 24.3 Å². The maximum absolute atomic E-state index is 12.0. The Morgan fingerprint density at radius 3 is 2.57 bits per heavy atom. The number of carbonyl (C=O) groups is 1. The molecule has 4 nitrogen and oxygen atoms in total. The minimum atomic E-state index is -0.319. The first kappa shape index (κ1) is 17.2. The topological polar surface area (TPSA) is 61.7 Å². The van der Waals surface area contributed by atoms with E-state index in [-0.39, 0.29) is 17.1 Å². The maximum atomic E-state index is 12.0. The van der Waals surface area contributed by atoms with Crippen molar-refractivity contribution in [1.29, 1.82) is 0 Å². The highest BCUT2D eigenvalue weighted by Gasteiger charge is 2.15. The molecule has 0 heterocycles. The second kappa shape index (κ2) is 6.96. The third-order valence-electron chi connectivity index (χ3n) is 3.38. The van der Waals surface area contributed by atoms with Gasteiger partial charge in [-0.05, 0) is 51.2 Å². The number of aromatic hydroxyl groups is 1. The molecule has 120 valence electrons. The minimum absolute atomic E-state index is 0.0333. The fraction of sp³-hybridized carbons (Fsp3) is 0.222. The Kier molecular flexibility index (Phi) is 5.21. The lowest BCUT2D eigenvalue weighted by Crippen LogP contribution is -2.18. The summed E-state index contributed by atoms with van der Waals surface area (Å²) >= 11 is 3.32. The van der Waals surface area contributed by atoms with E-state index < -0.39 is 0 Å². The van der Waals surface area contributed by atoms with Crippen LogP contribution >= 0.6 is 15.9 Å². The molecule has 0 bridgehead atoms. The van der Waals surface area contributed by atoms with Crippen molar-refractivity contribution in [2.75, 3.05) is 0 Å². The number of phenolic OH excluding ortho intramolecular Hbond substituents is 1. The highest BCUT2D eigenvalue weighted by Crippen LogP contribution is 2.26. The highest BCUT2D eigenvalue weighted by molar-refractivity contribution is 9.10. The van der Waals surface area contributed by atoms with Crippen LogP contribution in [0.4, 0.5) is 0 Å². The number of carbonyl (C=O) groups excluding carboxylic acids is 1. The first-order valence-corrected chi connectivity index (χ1v) is 8.00. The van der Waals surface area contributed by atoms with Crippen LogP contribution in [0.1, 0.15) is 42.3 Å². The first-order chi connectivity index (χ1) is 10.8. The molecule has 1 amide bonds. The van der Waals surface area contributed by atoms with Gasteiger partial charge in [0.1, 0.15) is 5.75 Å². The van der Waals surface area contributed by atoms with Gasteiger partial charge in [-0.15, -0.1) is 0 Å². The van der Waals surface area contributed by atoms with Crippen LogP contribution in [0.5, 0.6) is 5.75 Å². The summed E-state index contributed by atoms with van der Waals surface area (Å²) in [6.45, 7) is 6.28. The second-order valence-electron chi connectivity index (χ2n) is 6.20. The molecule has 0 radical (unpaired) electrons. The zero-order valence-electron chi connectivity index (χ0n) is 13.3. The third-order valence-corrected chi connectivity index (χ3v) is 4.07. The molecule has 0 spiro atoms. The number of rotatable bonds is 3. The highest BCUT2D eigenvalue weighted by atomic mass is 79.9. The van der Waals surface area contributed by atoms with E-state index in [9.17, 15) is 9.90 Å². The number of halogens is 1. The van der Waals surface area contributed by atoms with Crippen LogP contribution in [0, 0.1) is 0 Å². The van der Waals surface area contributed by atoms with Crippen molar-refractivity contribution < 1.29 is 9.90 Å². The monoisotopic (exact) mass is 374 g/mol. The zero-order chi connectivity index (χ0) is 17.0. The second-order valence-corrected chi connectivity index (χ2v) is 7.06. The van der Waals surface area contributed by atoms with E-state index in [0.29, 0.717) is 15.6 Å². The SMILES string of the molecule is CC(C)(C)c1ccc(O)c(/C=N\NC(=O)c2ccccc2Br)c1. The summed E-state index contributed by atoms with van der Waals surface area (Å²) in [6, 6.07) is 12.5. The lowest BCUT2D eigenvalue weighted by molar-refractivity contribution is 0.0954. The van der Waals surface area contributed by atoms with E-state index in [4.69, 9.17) is 0 Å². The molecule has 2 rings (SSSR count). The molecule has 2 aromatic rings. The van der Waals surface area contributed by atoms with Crippen molar-refractivity contribution in [3.05, 3.63) is 63.6 Å². The van der Waals surface area contributed by atoms with E-state index in [0.717, 1.165) is 5.56 Å². The van der Waals surface area contributed by atoms with Gasteiger partial charge in [0.25, 0.3) is 5.91 Å². The molecule has 23 heavy (non-hydrogen) atoms. The third kappa shape index (κ3) is 4.42. The number of nitrogens with one attached hydrogen (secondary N) is 1. The molecule has 0 fully saturated rings. The van der Waals surface area contributed by atoms with Gasteiger partial charge in [0.2, 0.25) is 0 Å². The van der Waals surface area contributed by atoms with Crippen molar-refractivity contribution >= 4 is 28.1 Å². The smallest absolute Gasteiger partial charge is 0.272 e. The Hall–Kier alpha value is -2.14. The molecule has 0 aromatic heterocycles. The molecular formula is C18H19BrN2O2. The Morgan fingerprint density at radius 2 is 1.91 bits per heavy atom. The molecule has 0 unspecified atom stereocenters. The molecule has 0 atom stereocenters. The first-order valence-electron chi connectivity index (χ1n) is 7.20. The van der Waals surface area contributed by atoms with Crippen LogP contribution in [0.15, 0.2) is 52.0 Å². The minimum Gasteiger partial charge on any atom is -0.507 e. The summed E-state index contributed by atoms with van der Waals surface area (Å²) in [5.74, 6) is -0.197. The van der Waals surface area contributed by atoms with Gasteiger partial charge in [0.05, 0.1) is 11.8 Å². The van der Waals surface area contributed by atoms with Gasteiger partial charge >= 0.3 is 0 Å². The fourth-order valence-electron chi connectivity index (χ4n) is 1.99. The number of hydrogen-bond donors (Lipinski definition) is 2.